The first-order valence-electron chi connectivity index (χ1n) is 6.65. The Labute approximate surface area is 133 Å². The lowest BCUT2D eigenvalue weighted by molar-refractivity contribution is 0.101. The number of hydrogen-bond acceptors (Lipinski definition) is 2. The third-order valence-corrected chi connectivity index (χ3v) is 3.94. The number of carbonyl (C=O) groups is 1. The zero-order valence-corrected chi connectivity index (χ0v) is 13.4. The van der Waals surface area contributed by atoms with Gasteiger partial charge in [-0.3, -0.25) is 4.79 Å². The van der Waals surface area contributed by atoms with Gasteiger partial charge in [0.15, 0.2) is 0 Å². The van der Waals surface area contributed by atoms with Crippen molar-refractivity contribution in [1.82, 2.24) is 4.57 Å². The van der Waals surface area contributed by atoms with E-state index in [9.17, 15) is 4.79 Å². The molecule has 0 aliphatic heterocycles. The second-order valence-electron chi connectivity index (χ2n) is 4.86. The molecule has 0 radical (unpaired) electrons. The highest BCUT2D eigenvalue weighted by molar-refractivity contribution is 6.40. The van der Waals surface area contributed by atoms with Crippen LogP contribution in [0.5, 0.6) is 0 Å². The molecule has 112 valence electrons. The molecule has 6 heteroatoms. The van der Waals surface area contributed by atoms with Gasteiger partial charge in [0, 0.05) is 12.7 Å². The van der Waals surface area contributed by atoms with E-state index >= 15 is 0 Å². The van der Waals surface area contributed by atoms with Crippen LogP contribution in [0.25, 0.3) is 0 Å². The number of hydrogen-bond donors (Lipinski definition) is 2. The van der Waals surface area contributed by atoms with Gasteiger partial charge < -0.3 is 15.6 Å². The summed E-state index contributed by atoms with van der Waals surface area (Å²) in [4.78, 5) is 12.4. The number of carbonyl (C=O) groups excluding carboxylic acids is 1. The van der Waals surface area contributed by atoms with E-state index in [1.54, 1.807) is 24.4 Å². The summed E-state index contributed by atoms with van der Waals surface area (Å²) in [6.07, 6.45) is 2.65. The average molecular weight is 326 g/mol. The number of nitrogen functional groups attached to an aromatic ring is 1. The molecule has 0 saturated heterocycles. The van der Waals surface area contributed by atoms with Crippen LogP contribution in [-0.4, -0.2) is 10.5 Å². The second-order valence-corrected chi connectivity index (χ2v) is 5.64. The van der Waals surface area contributed by atoms with E-state index < -0.39 is 0 Å². The first kappa shape index (κ1) is 15.7. The first-order valence-corrected chi connectivity index (χ1v) is 7.41. The second kappa shape index (κ2) is 6.41. The van der Waals surface area contributed by atoms with Gasteiger partial charge in [0.2, 0.25) is 0 Å². The number of nitrogens with one attached hydrogen (secondary N) is 1. The van der Waals surface area contributed by atoms with Crippen LogP contribution in [0.2, 0.25) is 10.0 Å². The SMILES string of the molecule is CCCn1cc(N)cc1C(=O)Nc1c(Cl)ccc(C)c1Cl. The minimum atomic E-state index is -0.283. The molecule has 0 unspecified atom stereocenters. The summed E-state index contributed by atoms with van der Waals surface area (Å²) >= 11 is 12.3. The number of anilines is 2. The van der Waals surface area contributed by atoms with Gasteiger partial charge in [0.05, 0.1) is 21.4 Å². The molecule has 0 spiro atoms. The van der Waals surface area contributed by atoms with E-state index in [0.717, 1.165) is 18.5 Å². The lowest BCUT2D eigenvalue weighted by atomic mass is 10.2. The van der Waals surface area contributed by atoms with Crippen LogP contribution in [0, 0.1) is 6.92 Å². The molecule has 1 aromatic heterocycles. The summed E-state index contributed by atoms with van der Waals surface area (Å²) in [6.45, 7) is 4.60. The lowest BCUT2D eigenvalue weighted by Crippen LogP contribution is -2.17. The minimum Gasteiger partial charge on any atom is -0.397 e. The van der Waals surface area contributed by atoms with Gasteiger partial charge in [-0.1, -0.05) is 36.2 Å². The maximum atomic E-state index is 12.4. The molecule has 0 saturated carbocycles. The molecule has 4 nitrogen and oxygen atoms in total. The summed E-state index contributed by atoms with van der Waals surface area (Å²) < 4.78 is 1.82. The molecule has 0 atom stereocenters. The van der Waals surface area contributed by atoms with Gasteiger partial charge in [-0.15, -0.1) is 0 Å². The third kappa shape index (κ3) is 3.34. The van der Waals surface area contributed by atoms with Crippen molar-refractivity contribution in [2.75, 3.05) is 11.1 Å². The number of aryl methyl sites for hydroxylation is 2. The Kier molecular flexibility index (Phi) is 4.80. The van der Waals surface area contributed by atoms with E-state index in [2.05, 4.69) is 5.32 Å². The van der Waals surface area contributed by atoms with Gasteiger partial charge in [0.1, 0.15) is 5.69 Å². The van der Waals surface area contributed by atoms with Crippen molar-refractivity contribution in [2.45, 2.75) is 26.8 Å². The molecule has 1 heterocycles. The molecular formula is C15H17Cl2N3O. The van der Waals surface area contributed by atoms with Crippen LogP contribution in [0.3, 0.4) is 0 Å². The Morgan fingerprint density at radius 2 is 2.10 bits per heavy atom. The van der Waals surface area contributed by atoms with E-state index in [4.69, 9.17) is 28.9 Å². The van der Waals surface area contributed by atoms with Crippen molar-refractivity contribution < 1.29 is 4.79 Å². The Morgan fingerprint density at radius 1 is 1.38 bits per heavy atom. The quantitative estimate of drug-likeness (QED) is 0.877. The van der Waals surface area contributed by atoms with Crippen molar-refractivity contribution in [3.63, 3.8) is 0 Å². The number of amides is 1. The molecule has 0 fully saturated rings. The molecule has 1 amide bonds. The van der Waals surface area contributed by atoms with Gasteiger partial charge in [-0.2, -0.15) is 0 Å². The number of nitrogens with two attached hydrogens (primary N) is 1. The van der Waals surface area contributed by atoms with E-state index in [0.29, 0.717) is 27.1 Å². The van der Waals surface area contributed by atoms with Crippen molar-refractivity contribution in [1.29, 1.82) is 0 Å². The van der Waals surface area contributed by atoms with Crippen molar-refractivity contribution >= 4 is 40.5 Å². The van der Waals surface area contributed by atoms with Crippen molar-refractivity contribution in [3.8, 4) is 0 Å². The van der Waals surface area contributed by atoms with Crippen LogP contribution >= 0.6 is 23.2 Å². The van der Waals surface area contributed by atoms with Crippen molar-refractivity contribution in [3.05, 3.63) is 45.7 Å². The monoisotopic (exact) mass is 325 g/mol. The predicted molar refractivity (Wildman–Crippen MR) is 88.3 cm³/mol. The molecule has 3 N–H and O–H groups in total. The van der Waals surface area contributed by atoms with Crippen LogP contribution in [0.1, 0.15) is 29.4 Å². The molecule has 21 heavy (non-hydrogen) atoms. The molecular weight excluding hydrogens is 309 g/mol. The summed E-state index contributed by atoms with van der Waals surface area (Å²) in [5.41, 5.74) is 8.08. The third-order valence-electron chi connectivity index (χ3n) is 3.14. The average Bonchev–Trinajstić information content (AvgIpc) is 2.80. The highest BCUT2D eigenvalue weighted by Gasteiger charge is 2.16. The van der Waals surface area contributed by atoms with Gasteiger partial charge in [0.25, 0.3) is 5.91 Å². The van der Waals surface area contributed by atoms with Gasteiger partial charge in [-0.25, -0.2) is 0 Å². The zero-order chi connectivity index (χ0) is 15.6. The Balaban J connectivity index is 2.33. The topological polar surface area (TPSA) is 60.0 Å². The first-order chi connectivity index (χ1) is 9.93. The fourth-order valence-electron chi connectivity index (χ4n) is 2.10. The number of halogens is 2. The lowest BCUT2D eigenvalue weighted by Gasteiger charge is -2.12. The Morgan fingerprint density at radius 3 is 2.76 bits per heavy atom. The maximum absolute atomic E-state index is 12.4. The molecule has 2 rings (SSSR count). The van der Waals surface area contributed by atoms with Crippen LogP contribution in [0.4, 0.5) is 11.4 Å². The van der Waals surface area contributed by atoms with Crippen LogP contribution in [0.15, 0.2) is 24.4 Å². The summed E-state index contributed by atoms with van der Waals surface area (Å²) in [6, 6.07) is 5.15. The van der Waals surface area contributed by atoms with E-state index in [1.165, 1.54) is 0 Å². The zero-order valence-electron chi connectivity index (χ0n) is 11.9. The maximum Gasteiger partial charge on any atom is 0.272 e. The van der Waals surface area contributed by atoms with Gasteiger partial charge >= 0.3 is 0 Å². The number of nitrogens with zero attached hydrogens (tertiary/aromatic N) is 1. The standard InChI is InChI=1S/C15H17Cl2N3O/c1-3-6-20-8-10(18)7-12(20)15(21)19-14-11(16)5-4-9(2)13(14)17/h4-5,7-8H,3,6,18H2,1-2H3,(H,19,21). The Bertz CT molecular complexity index is 680. The van der Waals surface area contributed by atoms with Crippen molar-refractivity contribution in [2.24, 2.45) is 0 Å². The number of rotatable bonds is 4. The minimum absolute atomic E-state index is 0.283. The molecule has 2 aromatic rings. The Hall–Kier alpha value is -1.65. The van der Waals surface area contributed by atoms with Gasteiger partial charge in [-0.05, 0) is 31.0 Å². The normalized spacial score (nSPS) is 10.7. The number of benzene rings is 1. The largest absolute Gasteiger partial charge is 0.397 e. The predicted octanol–water partition coefficient (Wildman–Crippen LogP) is 4.35. The fourth-order valence-corrected chi connectivity index (χ4v) is 2.56. The number of aromatic nitrogens is 1. The molecule has 0 aliphatic carbocycles. The van der Waals surface area contributed by atoms with E-state index in [-0.39, 0.29) is 5.91 Å². The highest BCUT2D eigenvalue weighted by Crippen LogP contribution is 2.33. The smallest absolute Gasteiger partial charge is 0.272 e. The highest BCUT2D eigenvalue weighted by atomic mass is 35.5. The summed E-state index contributed by atoms with van der Waals surface area (Å²) in [7, 11) is 0. The van der Waals surface area contributed by atoms with Crippen LogP contribution in [-0.2, 0) is 6.54 Å². The summed E-state index contributed by atoms with van der Waals surface area (Å²) in [5, 5.41) is 3.61. The molecule has 0 bridgehead atoms. The molecule has 1 aromatic carbocycles. The van der Waals surface area contributed by atoms with Crippen LogP contribution < -0.4 is 11.1 Å². The molecule has 0 aliphatic rings. The van der Waals surface area contributed by atoms with E-state index in [1.807, 2.05) is 18.4 Å². The fraction of sp³-hybridized carbons (Fsp3) is 0.267. The summed E-state index contributed by atoms with van der Waals surface area (Å²) in [5.74, 6) is -0.283.